The van der Waals surface area contributed by atoms with Crippen molar-refractivity contribution in [3.8, 4) is 16.9 Å². The zero-order chi connectivity index (χ0) is 26.0. The average Bonchev–Trinajstić information content (AvgIpc) is 3.36. The number of imidazole rings is 1. The van der Waals surface area contributed by atoms with Gasteiger partial charge in [0, 0.05) is 11.1 Å². The Bertz CT molecular complexity index is 1660. The van der Waals surface area contributed by atoms with Crippen molar-refractivity contribution >= 4 is 22.7 Å². The highest BCUT2D eigenvalue weighted by atomic mass is 19.3. The molecule has 4 aromatic rings. The number of Topliss-reactive ketones (excluding diaryl/α,β-unsaturated/α-hetero) is 1. The van der Waals surface area contributed by atoms with Crippen LogP contribution in [-0.4, -0.2) is 44.0 Å². The summed E-state index contributed by atoms with van der Waals surface area (Å²) in [4.78, 5) is 45.8. The number of aliphatic hydroxyl groups is 1. The summed E-state index contributed by atoms with van der Waals surface area (Å²) in [5.41, 5.74) is 1.16. The minimum absolute atomic E-state index is 0.0292. The van der Waals surface area contributed by atoms with Crippen LogP contribution in [0.5, 0.6) is 5.75 Å². The molecule has 3 N–H and O–H groups in total. The Morgan fingerprint density at radius 1 is 1.14 bits per heavy atom. The highest BCUT2D eigenvalue weighted by molar-refractivity contribution is 6.01. The lowest BCUT2D eigenvalue weighted by Crippen LogP contribution is -2.28. The van der Waals surface area contributed by atoms with E-state index in [1.807, 2.05) is 28.8 Å². The molecule has 0 spiro atoms. The number of alkyl halides is 2. The molecule has 4 heterocycles. The van der Waals surface area contributed by atoms with E-state index >= 15 is 0 Å². The first-order chi connectivity index (χ1) is 17.7. The summed E-state index contributed by atoms with van der Waals surface area (Å²) < 4.78 is 33.7. The molecule has 188 valence electrons. The van der Waals surface area contributed by atoms with Gasteiger partial charge in [0.2, 0.25) is 5.78 Å². The Kier molecular flexibility index (Phi) is 5.19. The number of ketones is 1. The Hall–Kier alpha value is -4.38. The third kappa shape index (κ3) is 3.53. The molecule has 11 heteroatoms. The second-order valence-corrected chi connectivity index (χ2v) is 9.04. The van der Waals surface area contributed by atoms with E-state index in [-0.39, 0.29) is 28.1 Å². The van der Waals surface area contributed by atoms with Crippen LogP contribution in [-0.2, 0) is 0 Å². The van der Waals surface area contributed by atoms with E-state index in [1.165, 1.54) is 31.2 Å². The number of nitrogens with one attached hydrogen (secondary N) is 2. The quantitative estimate of drug-likeness (QED) is 0.357. The molecule has 0 aliphatic carbocycles. The van der Waals surface area contributed by atoms with Crippen molar-refractivity contribution in [1.82, 2.24) is 19.9 Å². The van der Waals surface area contributed by atoms with Crippen LogP contribution in [0.4, 0.5) is 8.78 Å². The molecule has 37 heavy (non-hydrogen) atoms. The number of halogens is 2. The van der Waals surface area contributed by atoms with Crippen molar-refractivity contribution in [2.24, 2.45) is 0 Å². The van der Waals surface area contributed by atoms with Crippen molar-refractivity contribution in [1.29, 1.82) is 0 Å². The molecule has 2 aliphatic rings. The van der Waals surface area contributed by atoms with E-state index < -0.39 is 42.0 Å². The first-order valence-electron chi connectivity index (χ1n) is 11.6. The van der Waals surface area contributed by atoms with Gasteiger partial charge in [0.1, 0.15) is 17.7 Å². The normalized spacial score (nSPS) is 18.8. The third-order valence-corrected chi connectivity index (χ3v) is 6.84. The second kappa shape index (κ2) is 8.34. The number of aromatic nitrogens is 3. The van der Waals surface area contributed by atoms with Gasteiger partial charge >= 0.3 is 6.61 Å². The molecule has 2 aromatic carbocycles. The van der Waals surface area contributed by atoms with E-state index in [2.05, 4.69) is 10.3 Å². The smallest absolute Gasteiger partial charge is 0.387 e. The van der Waals surface area contributed by atoms with Gasteiger partial charge in [-0.15, -0.1) is 0 Å². The summed E-state index contributed by atoms with van der Waals surface area (Å²) in [5, 5.41) is 12.6. The average molecular weight is 506 g/mol. The number of aromatic amines is 1. The van der Waals surface area contributed by atoms with Crippen molar-refractivity contribution in [2.75, 3.05) is 0 Å². The Balaban J connectivity index is 1.64. The summed E-state index contributed by atoms with van der Waals surface area (Å²) in [7, 11) is 0. The maximum absolute atomic E-state index is 13.5. The van der Waals surface area contributed by atoms with Crippen molar-refractivity contribution in [2.45, 2.75) is 38.1 Å². The third-order valence-electron chi connectivity index (χ3n) is 6.84. The topological polar surface area (TPSA) is 126 Å². The van der Waals surface area contributed by atoms with Gasteiger partial charge < -0.3 is 24.7 Å². The second-order valence-electron chi connectivity index (χ2n) is 9.04. The van der Waals surface area contributed by atoms with Crippen LogP contribution in [0.15, 0.2) is 53.3 Å². The molecular formula is C26H20F2N4O5. The molecule has 2 aromatic heterocycles. The number of hydrogen-bond acceptors (Lipinski definition) is 6. The monoisotopic (exact) mass is 506 g/mol. The molecule has 9 nitrogen and oxygen atoms in total. The zero-order valence-electron chi connectivity index (χ0n) is 19.4. The molecule has 2 aliphatic heterocycles. The number of carbonyl (C=O) groups excluding carboxylic acids is 2. The van der Waals surface area contributed by atoms with Gasteiger partial charge in [0.05, 0.1) is 34.4 Å². The fourth-order valence-corrected chi connectivity index (χ4v) is 5.33. The number of hydrogen-bond donors (Lipinski definition) is 3. The van der Waals surface area contributed by atoms with Crippen LogP contribution in [0.3, 0.4) is 0 Å². The molecule has 6 rings (SSSR count). The number of pyridine rings is 1. The highest BCUT2D eigenvalue weighted by Crippen LogP contribution is 2.49. The number of rotatable bonds is 5. The SMILES string of the molecule is CC(O)C(=O)c1ccc(-c2c(OC(F)F)ccc3c2[C@H]2C[C@@H](NC3=O)c3nc4ccccc4n32)c(=O)[nH]1. The predicted octanol–water partition coefficient (Wildman–Crippen LogP) is 3.33. The lowest BCUT2D eigenvalue weighted by atomic mass is 9.89. The number of fused-ring (bicyclic) bond motifs is 9. The van der Waals surface area contributed by atoms with Crippen LogP contribution >= 0.6 is 0 Å². The number of ether oxygens (including phenoxy) is 1. The van der Waals surface area contributed by atoms with Gasteiger partial charge in [-0.2, -0.15) is 8.78 Å². The molecule has 0 saturated heterocycles. The van der Waals surface area contributed by atoms with E-state index in [1.54, 1.807) is 0 Å². The lowest BCUT2D eigenvalue weighted by Gasteiger charge is -2.23. The van der Waals surface area contributed by atoms with Gasteiger partial charge in [-0.3, -0.25) is 14.4 Å². The van der Waals surface area contributed by atoms with Crippen molar-refractivity contribution in [3.05, 3.63) is 81.5 Å². The molecule has 3 atom stereocenters. The molecule has 0 radical (unpaired) electrons. The molecule has 0 fully saturated rings. The van der Waals surface area contributed by atoms with Gasteiger partial charge in [-0.05, 0) is 55.3 Å². The minimum atomic E-state index is -3.19. The number of aliphatic hydroxyl groups excluding tert-OH is 1. The fourth-order valence-electron chi connectivity index (χ4n) is 5.33. The summed E-state index contributed by atoms with van der Waals surface area (Å²) in [6.45, 7) is -1.92. The Morgan fingerprint density at radius 3 is 2.62 bits per heavy atom. The van der Waals surface area contributed by atoms with E-state index in [0.29, 0.717) is 23.3 Å². The first-order valence-corrected chi connectivity index (χ1v) is 11.6. The molecule has 0 saturated carbocycles. The predicted molar refractivity (Wildman–Crippen MR) is 128 cm³/mol. The molecule has 2 bridgehead atoms. The van der Waals surface area contributed by atoms with Crippen LogP contribution in [0.25, 0.3) is 22.2 Å². The summed E-state index contributed by atoms with van der Waals surface area (Å²) in [6.07, 6.45) is -0.952. The molecular weight excluding hydrogens is 486 g/mol. The maximum Gasteiger partial charge on any atom is 0.387 e. The Morgan fingerprint density at radius 2 is 1.89 bits per heavy atom. The number of benzene rings is 2. The van der Waals surface area contributed by atoms with Gasteiger partial charge in [0.15, 0.2) is 0 Å². The first kappa shape index (κ1) is 23.0. The largest absolute Gasteiger partial charge is 0.434 e. The number of para-hydroxylation sites is 2. The van der Waals surface area contributed by atoms with Gasteiger partial charge in [-0.1, -0.05) is 12.1 Å². The summed E-state index contributed by atoms with van der Waals surface area (Å²) in [6, 6.07) is 11.7. The minimum Gasteiger partial charge on any atom is -0.434 e. The van der Waals surface area contributed by atoms with E-state index in [9.17, 15) is 28.3 Å². The number of amides is 1. The van der Waals surface area contributed by atoms with E-state index in [0.717, 1.165) is 5.52 Å². The zero-order valence-corrected chi connectivity index (χ0v) is 19.4. The maximum atomic E-state index is 13.5. The molecule has 1 amide bonds. The van der Waals surface area contributed by atoms with Crippen LogP contribution in [0.1, 0.15) is 57.7 Å². The number of nitrogens with zero attached hydrogens (tertiary/aromatic N) is 2. The molecule has 1 unspecified atom stereocenters. The lowest BCUT2D eigenvalue weighted by molar-refractivity contribution is -0.0495. The van der Waals surface area contributed by atoms with Crippen molar-refractivity contribution in [3.63, 3.8) is 0 Å². The summed E-state index contributed by atoms with van der Waals surface area (Å²) >= 11 is 0. The fraction of sp³-hybridized carbons (Fsp3) is 0.231. The van der Waals surface area contributed by atoms with Crippen LogP contribution < -0.4 is 15.6 Å². The number of carbonyl (C=O) groups is 2. The summed E-state index contributed by atoms with van der Waals surface area (Å²) in [5.74, 6) is -0.781. The van der Waals surface area contributed by atoms with Gasteiger partial charge in [0.25, 0.3) is 11.5 Å². The highest BCUT2D eigenvalue weighted by Gasteiger charge is 2.42. The van der Waals surface area contributed by atoms with Crippen molar-refractivity contribution < 1.29 is 28.2 Å². The van der Waals surface area contributed by atoms with Gasteiger partial charge in [-0.25, -0.2) is 4.98 Å². The number of H-pyrrole nitrogens is 1. The van der Waals surface area contributed by atoms with Crippen LogP contribution in [0.2, 0.25) is 0 Å². The Labute approximate surface area is 207 Å². The standard InChI is InChI=1S/C26H20F2N4O5/c1-11(33)22(34)15-8-6-13(25(36)30-15)21-19(37-26(27)28)9-7-12-20(21)18-10-16(31-24(12)35)23-29-14-4-2-3-5-17(14)32(18)23/h2-9,11,16,18,26,33H,10H2,1H3,(H,30,36)(H,31,35)/t11?,16-,18-/m1/s1. The van der Waals surface area contributed by atoms with E-state index in [4.69, 9.17) is 9.72 Å². The van der Waals surface area contributed by atoms with Crippen LogP contribution in [0, 0.1) is 0 Å².